The van der Waals surface area contributed by atoms with Crippen LogP contribution in [-0.4, -0.2) is 47.0 Å². The molecule has 0 spiro atoms. The van der Waals surface area contributed by atoms with E-state index in [4.69, 9.17) is 15.9 Å². The number of carbonyl (C=O) groups is 1. The zero-order valence-corrected chi connectivity index (χ0v) is 18.7. The molecule has 172 valence electrons. The highest BCUT2D eigenvalue weighted by molar-refractivity contribution is 5.84. The van der Waals surface area contributed by atoms with Gasteiger partial charge in [-0.3, -0.25) is 5.41 Å². The summed E-state index contributed by atoms with van der Waals surface area (Å²) >= 11 is 0. The van der Waals surface area contributed by atoms with Gasteiger partial charge in [0, 0.05) is 30.5 Å². The van der Waals surface area contributed by atoms with Gasteiger partial charge in [-0.05, 0) is 58.2 Å². The predicted octanol–water partition coefficient (Wildman–Crippen LogP) is 2.00. The fraction of sp³-hybridized carbons (Fsp3) is 0.455. The summed E-state index contributed by atoms with van der Waals surface area (Å²) in [5, 5.41) is 11.4. The number of piperidine rings is 1. The van der Waals surface area contributed by atoms with E-state index in [0.29, 0.717) is 30.0 Å². The third-order valence-electron chi connectivity index (χ3n) is 5.03. The van der Waals surface area contributed by atoms with E-state index in [9.17, 15) is 9.18 Å². The second-order valence-corrected chi connectivity index (χ2v) is 8.73. The minimum atomic E-state index is -0.584. The van der Waals surface area contributed by atoms with Crippen molar-refractivity contribution in [1.29, 1.82) is 0 Å². The maximum Gasteiger partial charge on any atom is 0.407 e. The van der Waals surface area contributed by atoms with Crippen LogP contribution in [-0.2, 0) is 4.74 Å². The van der Waals surface area contributed by atoms with Crippen molar-refractivity contribution in [1.82, 2.24) is 15.3 Å². The van der Waals surface area contributed by atoms with Gasteiger partial charge in [0.15, 0.2) is 17.8 Å². The van der Waals surface area contributed by atoms with Crippen LogP contribution in [0.25, 0.3) is 0 Å². The number of nitrogen functional groups attached to an aromatic ring is 1. The van der Waals surface area contributed by atoms with Crippen molar-refractivity contribution in [2.45, 2.75) is 51.7 Å². The first-order valence-corrected chi connectivity index (χ1v) is 10.6. The first-order valence-electron chi connectivity index (χ1n) is 10.6. The number of alkyl carbamates (subject to hydrolysis) is 1. The summed E-state index contributed by atoms with van der Waals surface area (Å²) in [6.45, 7) is 6.37. The fourth-order valence-corrected chi connectivity index (χ4v) is 3.56. The molecule has 1 unspecified atom stereocenters. The quantitative estimate of drug-likeness (QED) is 0.396. The topological polar surface area (TPSA) is 131 Å². The summed E-state index contributed by atoms with van der Waals surface area (Å²) in [4.78, 5) is 22.4. The van der Waals surface area contributed by atoms with Gasteiger partial charge in [-0.25, -0.2) is 14.2 Å². The molecule has 2 aromatic rings. The lowest BCUT2D eigenvalue weighted by atomic mass is 10.0. The lowest BCUT2D eigenvalue weighted by Crippen LogP contribution is -2.48. The molecule has 10 heteroatoms. The van der Waals surface area contributed by atoms with Crippen LogP contribution < -0.4 is 26.7 Å². The summed E-state index contributed by atoms with van der Waals surface area (Å²) in [5.74, 6) is -0.0833. The van der Waals surface area contributed by atoms with Crippen molar-refractivity contribution in [3.05, 3.63) is 35.8 Å². The van der Waals surface area contributed by atoms with Crippen molar-refractivity contribution >= 4 is 35.4 Å². The lowest BCUT2D eigenvalue weighted by Gasteiger charge is -2.37. The first-order chi connectivity index (χ1) is 15.2. The summed E-state index contributed by atoms with van der Waals surface area (Å²) in [6.07, 6.45) is 4.76. The number of nitrogens with one attached hydrogen (secondary N) is 2. The highest BCUT2D eigenvalue weighted by Crippen LogP contribution is 2.27. The van der Waals surface area contributed by atoms with Crippen molar-refractivity contribution < 1.29 is 19.3 Å². The fourth-order valence-electron chi connectivity index (χ4n) is 3.56. The van der Waals surface area contributed by atoms with Gasteiger partial charge < -0.3 is 26.0 Å². The number of rotatable bonds is 6. The van der Waals surface area contributed by atoms with E-state index in [-0.39, 0.29) is 17.8 Å². The van der Waals surface area contributed by atoms with E-state index < -0.39 is 17.5 Å². The van der Waals surface area contributed by atoms with Crippen LogP contribution in [0.3, 0.4) is 0 Å². The van der Waals surface area contributed by atoms with E-state index in [0.717, 1.165) is 25.5 Å². The van der Waals surface area contributed by atoms with Crippen LogP contribution in [0.1, 0.15) is 45.6 Å². The summed E-state index contributed by atoms with van der Waals surface area (Å²) in [7, 11) is 0. The van der Waals surface area contributed by atoms with Crippen LogP contribution in [0.4, 0.5) is 32.3 Å². The molecule has 1 atom stereocenters. The van der Waals surface area contributed by atoms with Crippen molar-refractivity contribution in [3.8, 4) is 0 Å². The van der Waals surface area contributed by atoms with Crippen LogP contribution in [0, 0.1) is 5.82 Å². The number of anilines is 4. The Bertz CT molecular complexity index is 977. The zero-order chi connectivity index (χ0) is 23.3. The largest absolute Gasteiger partial charge is 0.444 e. The molecular formula is C22H31FN7O2+. The van der Waals surface area contributed by atoms with Gasteiger partial charge in [-0.2, -0.15) is 4.98 Å². The molecule has 0 radical (unpaired) electrons. The normalized spacial score (nSPS) is 16.4. The Morgan fingerprint density at radius 1 is 1.41 bits per heavy atom. The Morgan fingerprint density at radius 2 is 2.19 bits per heavy atom. The van der Waals surface area contributed by atoms with Gasteiger partial charge in [-0.1, -0.05) is 0 Å². The smallest absolute Gasteiger partial charge is 0.407 e. The Kier molecular flexibility index (Phi) is 7.12. The van der Waals surface area contributed by atoms with Gasteiger partial charge in [0.25, 0.3) is 0 Å². The molecule has 1 saturated heterocycles. The number of ether oxygens (including phenoxy) is 1. The maximum absolute atomic E-state index is 14.7. The van der Waals surface area contributed by atoms with Crippen LogP contribution in [0.15, 0.2) is 24.4 Å². The minimum Gasteiger partial charge on any atom is -0.444 e. The monoisotopic (exact) mass is 444 g/mol. The molecule has 0 bridgehead atoms. The van der Waals surface area contributed by atoms with E-state index in [1.54, 1.807) is 39.0 Å². The van der Waals surface area contributed by atoms with E-state index in [1.807, 2.05) is 4.90 Å². The Hall–Kier alpha value is -3.43. The molecule has 9 nitrogen and oxygen atoms in total. The number of halogens is 1. The van der Waals surface area contributed by atoms with Gasteiger partial charge >= 0.3 is 6.09 Å². The Balaban J connectivity index is 1.75. The Morgan fingerprint density at radius 3 is 2.88 bits per heavy atom. The number of hydrogen-bond acceptors (Lipinski definition) is 7. The third-order valence-corrected chi connectivity index (χ3v) is 5.03. The summed E-state index contributed by atoms with van der Waals surface area (Å²) < 4.78 is 20.0. The minimum absolute atomic E-state index is 0.108. The second kappa shape index (κ2) is 9.80. The summed E-state index contributed by atoms with van der Waals surface area (Å²) in [5.41, 5.74) is 7.26. The molecule has 0 saturated carbocycles. The lowest BCUT2D eigenvalue weighted by molar-refractivity contribution is -0.104. The number of nitrogens with two attached hydrogens (primary N) is 2. The number of amides is 1. The van der Waals surface area contributed by atoms with Gasteiger partial charge in [-0.15, -0.1) is 0 Å². The molecule has 1 fully saturated rings. The number of nitrogens with zero attached hydrogens (tertiary/aromatic N) is 3. The molecule has 1 aliphatic rings. The molecular weight excluding hydrogens is 413 g/mol. The molecule has 0 aliphatic carbocycles. The Labute approximate surface area is 187 Å². The van der Waals surface area contributed by atoms with Gasteiger partial charge in [0.05, 0.1) is 11.8 Å². The molecule has 6 N–H and O–H groups in total. The van der Waals surface area contributed by atoms with Crippen molar-refractivity contribution in [2.24, 2.45) is 0 Å². The molecule has 1 aromatic carbocycles. The van der Waals surface area contributed by atoms with Crippen LogP contribution in [0.5, 0.6) is 0 Å². The maximum atomic E-state index is 14.7. The first kappa shape index (κ1) is 23.2. The van der Waals surface area contributed by atoms with E-state index in [1.165, 1.54) is 6.21 Å². The highest BCUT2D eigenvalue weighted by atomic mass is 19.1. The predicted molar refractivity (Wildman–Crippen MR) is 122 cm³/mol. The number of benzene rings is 1. The molecule has 2 heterocycles. The van der Waals surface area contributed by atoms with Crippen molar-refractivity contribution in [3.63, 3.8) is 0 Å². The second-order valence-electron chi connectivity index (χ2n) is 8.73. The van der Waals surface area contributed by atoms with Crippen LogP contribution in [0.2, 0.25) is 0 Å². The molecule has 3 rings (SSSR count). The summed E-state index contributed by atoms with van der Waals surface area (Å²) in [6, 6.07) is 5.16. The third kappa shape index (κ3) is 6.05. The molecule has 1 amide bonds. The SMILES string of the molecule is CC(C)(C)OC(=O)NCC1CCCCN1c1nc(Nc2ccc(C=[NH2+])c(N)c2)ncc1F. The zero-order valence-electron chi connectivity index (χ0n) is 18.7. The molecule has 1 aromatic heterocycles. The number of aromatic nitrogens is 2. The average Bonchev–Trinajstić information content (AvgIpc) is 2.73. The average molecular weight is 445 g/mol. The van der Waals surface area contributed by atoms with Gasteiger partial charge in [0.2, 0.25) is 5.95 Å². The van der Waals surface area contributed by atoms with E-state index >= 15 is 0 Å². The number of hydrogen-bond donors (Lipinski definition) is 4. The van der Waals surface area contributed by atoms with Crippen molar-refractivity contribution in [2.75, 3.05) is 29.0 Å². The standard InChI is InChI=1S/C22H30FN7O2/c1-22(2,3)32-21(31)27-12-16-6-4-5-9-30(16)19-17(23)13-26-20(29-19)28-15-8-7-14(11-24)18(25)10-15/h7-8,10-11,13,16,24H,4-6,9,12,25H2,1-3H3,(H,27,31)(H,26,28,29)/p+1. The molecule has 32 heavy (non-hydrogen) atoms. The highest BCUT2D eigenvalue weighted by Gasteiger charge is 2.27. The van der Waals surface area contributed by atoms with Gasteiger partial charge in [0.1, 0.15) is 5.60 Å². The van der Waals surface area contributed by atoms with E-state index in [2.05, 4.69) is 20.6 Å². The molecule has 1 aliphatic heterocycles. The van der Waals surface area contributed by atoms with Crippen LogP contribution >= 0.6 is 0 Å². The number of carbonyl (C=O) groups excluding carboxylic acids is 1.